The van der Waals surface area contributed by atoms with Gasteiger partial charge in [-0.05, 0) is 31.5 Å². The smallest absolute Gasteiger partial charge is 0.245 e. The number of nitrogens with zero attached hydrogens (tertiary/aromatic N) is 1. The van der Waals surface area contributed by atoms with Crippen molar-refractivity contribution in [3.8, 4) is 0 Å². The van der Waals surface area contributed by atoms with E-state index < -0.39 is 26.6 Å². The van der Waals surface area contributed by atoms with Gasteiger partial charge >= 0.3 is 0 Å². The summed E-state index contributed by atoms with van der Waals surface area (Å²) in [5.74, 6) is -1.76. The van der Waals surface area contributed by atoms with Gasteiger partial charge in [0.25, 0.3) is 0 Å². The van der Waals surface area contributed by atoms with Crippen molar-refractivity contribution in [3.05, 3.63) is 29.8 Å². The molecule has 18 heavy (non-hydrogen) atoms. The predicted molar refractivity (Wildman–Crippen MR) is 64.4 cm³/mol. The monoisotopic (exact) mass is 278 g/mol. The lowest BCUT2D eigenvalue weighted by molar-refractivity contribution is 0.440. The van der Waals surface area contributed by atoms with E-state index in [9.17, 15) is 17.2 Å². The van der Waals surface area contributed by atoms with Crippen LogP contribution in [0.2, 0.25) is 0 Å². The quantitative estimate of drug-likeness (QED) is 0.883. The molecule has 102 valence electrons. The summed E-state index contributed by atoms with van der Waals surface area (Å²) < 4.78 is 51.4. The van der Waals surface area contributed by atoms with Gasteiger partial charge in [-0.15, -0.1) is 0 Å². The van der Waals surface area contributed by atoms with E-state index in [1.807, 2.05) is 0 Å². The first-order chi connectivity index (χ1) is 8.25. The van der Waals surface area contributed by atoms with Crippen LogP contribution in [-0.4, -0.2) is 32.4 Å². The molecule has 0 amide bonds. The van der Waals surface area contributed by atoms with E-state index >= 15 is 0 Å². The van der Waals surface area contributed by atoms with E-state index in [2.05, 4.69) is 0 Å². The first-order valence-corrected chi connectivity index (χ1v) is 6.86. The fraction of sp³-hybridized carbons (Fsp3) is 0.455. The van der Waals surface area contributed by atoms with Gasteiger partial charge in [0.05, 0.1) is 0 Å². The van der Waals surface area contributed by atoms with Crippen molar-refractivity contribution in [2.45, 2.75) is 24.3 Å². The van der Waals surface area contributed by atoms with Crippen LogP contribution in [0.5, 0.6) is 0 Å². The second-order valence-corrected chi connectivity index (χ2v) is 6.18. The summed E-state index contributed by atoms with van der Waals surface area (Å²) in [5.41, 5.74) is 5.52. The summed E-state index contributed by atoms with van der Waals surface area (Å²) in [5, 5.41) is 0. The molecular formula is C11H16F2N2O2S. The molecule has 0 saturated heterocycles. The summed E-state index contributed by atoms with van der Waals surface area (Å²) in [6.45, 7) is 1.89. The Hall–Kier alpha value is -1.05. The van der Waals surface area contributed by atoms with Crippen molar-refractivity contribution >= 4 is 10.0 Å². The molecule has 0 aliphatic rings. The molecule has 0 aromatic heterocycles. The minimum absolute atomic E-state index is 0.149. The minimum Gasteiger partial charge on any atom is -0.328 e. The second kappa shape index (κ2) is 5.73. The third-order valence-corrected chi connectivity index (χ3v) is 4.35. The van der Waals surface area contributed by atoms with Crippen molar-refractivity contribution in [2.24, 2.45) is 5.73 Å². The molecule has 7 heteroatoms. The molecule has 0 aliphatic heterocycles. The molecule has 0 saturated carbocycles. The molecule has 0 bridgehead atoms. The molecule has 0 heterocycles. The Balaban J connectivity index is 3.02. The molecule has 0 aliphatic carbocycles. The van der Waals surface area contributed by atoms with Crippen LogP contribution in [-0.2, 0) is 10.0 Å². The highest BCUT2D eigenvalue weighted by atomic mass is 32.2. The number of halogens is 2. The van der Waals surface area contributed by atoms with E-state index in [0.29, 0.717) is 12.5 Å². The molecular weight excluding hydrogens is 262 g/mol. The first-order valence-electron chi connectivity index (χ1n) is 5.42. The zero-order valence-corrected chi connectivity index (χ0v) is 11.0. The van der Waals surface area contributed by atoms with Gasteiger partial charge in [0.1, 0.15) is 16.5 Å². The third-order valence-electron chi connectivity index (χ3n) is 2.48. The fourth-order valence-corrected chi connectivity index (χ4v) is 2.61. The second-order valence-electron chi connectivity index (χ2n) is 4.17. The molecule has 4 nitrogen and oxygen atoms in total. The van der Waals surface area contributed by atoms with Gasteiger partial charge < -0.3 is 5.73 Å². The topological polar surface area (TPSA) is 63.4 Å². The normalized spacial score (nSPS) is 13.9. The van der Waals surface area contributed by atoms with Gasteiger partial charge in [0.15, 0.2) is 0 Å². The maximum Gasteiger partial charge on any atom is 0.245 e. The Morgan fingerprint density at radius 2 is 2.00 bits per heavy atom. The van der Waals surface area contributed by atoms with Crippen LogP contribution in [0.3, 0.4) is 0 Å². The highest BCUT2D eigenvalue weighted by Gasteiger charge is 2.24. The predicted octanol–water partition coefficient (Wildman–Crippen LogP) is 1.32. The zero-order chi connectivity index (χ0) is 13.9. The molecule has 1 aromatic rings. The van der Waals surface area contributed by atoms with Gasteiger partial charge in [-0.1, -0.05) is 0 Å². The Kier molecular flexibility index (Phi) is 4.78. The van der Waals surface area contributed by atoms with E-state index in [4.69, 9.17) is 5.73 Å². The van der Waals surface area contributed by atoms with Gasteiger partial charge in [-0.2, -0.15) is 0 Å². The molecule has 1 atom stereocenters. The first kappa shape index (κ1) is 15.0. The largest absolute Gasteiger partial charge is 0.328 e. The zero-order valence-electron chi connectivity index (χ0n) is 10.2. The molecule has 0 spiro atoms. The lowest BCUT2D eigenvalue weighted by atomic mass is 10.2. The van der Waals surface area contributed by atoms with Crippen LogP contribution in [0.15, 0.2) is 23.1 Å². The number of sulfonamides is 1. The number of rotatable bonds is 5. The molecule has 2 N–H and O–H groups in total. The van der Waals surface area contributed by atoms with Crippen LogP contribution in [0.4, 0.5) is 8.78 Å². The maximum absolute atomic E-state index is 13.4. The van der Waals surface area contributed by atoms with Crippen LogP contribution < -0.4 is 5.73 Å². The lowest BCUT2D eigenvalue weighted by Crippen LogP contribution is -2.31. The molecule has 0 radical (unpaired) electrons. The maximum atomic E-state index is 13.4. The Labute approximate surface area is 105 Å². The Morgan fingerprint density at radius 3 is 2.56 bits per heavy atom. The highest BCUT2D eigenvalue weighted by molar-refractivity contribution is 7.89. The van der Waals surface area contributed by atoms with Crippen molar-refractivity contribution < 1.29 is 17.2 Å². The summed E-state index contributed by atoms with van der Waals surface area (Å²) in [6.07, 6.45) is 0.437. The van der Waals surface area contributed by atoms with E-state index in [-0.39, 0.29) is 12.6 Å². The fourth-order valence-electron chi connectivity index (χ4n) is 1.35. The Morgan fingerprint density at radius 1 is 1.39 bits per heavy atom. The van der Waals surface area contributed by atoms with E-state index in [1.165, 1.54) is 7.05 Å². The van der Waals surface area contributed by atoms with E-state index in [0.717, 1.165) is 16.4 Å². The molecule has 0 fully saturated rings. The minimum atomic E-state index is -4.03. The average Bonchev–Trinajstić information content (AvgIpc) is 2.28. The van der Waals surface area contributed by atoms with Gasteiger partial charge in [-0.25, -0.2) is 21.5 Å². The summed E-state index contributed by atoms with van der Waals surface area (Å²) in [4.78, 5) is -0.658. The van der Waals surface area contributed by atoms with E-state index in [1.54, 1.807) is 6.92 Å². The molecule has 1 rings (SSSR count). The number of benzene rings is 1. The average molecular weight is 278 g/mol. The summed E-state index contributed by atoms with van der Waals surface area (Å²) in [7, 11) is -2.72. The van der Waals surface area contributed by atoms with Crippen molar-refractivity contribution in [1.29, 1.82) is 0 Å². The molecule has 1 aromatic carbocycles. The summed E-state index contributed by atoms with van der Waals surface area (Å²) in [6, 6.07) is 2.17. The number of nitrogens with two attached hydrogens (primary N) is 1. The third kappa shape index (κ3) is 3.47. The molecule has 1 unspecified atom stereocenters. The highest BCUT2D eigenvalue weighted by Crippen LogP contribution is 2.19. The van der Waals surface area contributed by atoms with Crippen LogP contribution in [0, 0.1) is 11.6 Å². The standard InChI is InChI=1S/C11H16F2N2O2S/c1-8(14)5-6-15(2)18(16,17)11-7-9(12)3-4-10(11)13/h3-4,7-8H,5-6,14H2,1-2H3. The van der Waals surface area contributed by atoms with Crippen LogP contribution in [0.25, 0.3) is 0 Å². The van der Waals surface area contributed by atoms with Gasteiger partial charge in [-0.3, -0.25) is 0 Å². The van der Waals surface area contributed by atoms with Crippen molar-refractivity contribution in [2.75, 3.05) is 13.6 Å². The van der Waals surface area contributed by atoms with Gasteiger partial charge in [0.2, 0.25) is 10.0 Å². The SMILES string of the molecule is CC(N)CCN(C)S(=O)(=O)c1cc(F)ccc1F. The Bertz CT molecular complexity index is 518. The van der Waals surface area contributed by atoms with Crippen LogP contribution in [0.1, 0.15) is 13.3 Å². The van der Waals surface area contributed by atoms with Crippen molar-refractivity contribution in [1.82, 2.24) is 4.31 Å². The lowest BCUT2D eigenvalue weighted by Gasteiger charge is -2.18. The van der Waals surface area contributed by atoms with Crippen LogP contribution >= 0.6 is 0 Å². The summed E-state index contributed by atoms with van der Waals surface area (Å²) >= 11 is 0. The number of hydrogen-bond acceptors (Lipinski definition) is 3. The van der Waals surface area contributed by atoms with Gasteiger partial charge in [0, 0.05) is 19.6 Å². The van der Waals surface area contributed by atoms with Crippen molar-refractivity contribution in [3.63, 3.8) is 0 Å². The number of hydrogen-bond donors (Lipinski definition) is 1.